The largest absolute Gasteiger partial charge is 0.497 e. The molecule has 5 nitrogen and oxygen atoms in total. The van der Waals surface area contributed by atoms with Crippen LogP contribution in [-0.4, -0.2) is 36.9 Å². The van der Waals surface area contributed by atoms with E-state index in [0.717, 1.165) is 11.3 Å². The van der Waals surface area contributed by atoms with Crippen LogP contribution in [0.25, 0.3) is 0 Å². The summed E-state index contributed by atoms with van der Waals surface area (Å²) in [5, 5.41) is 3.41. The number of carbonyl (C=O) groups is 2. The van der Waals surface area contributed by atoms with Gasteiger partial charge in [0.2, 0.25) is 11.8 Å². The molecule has 0 aliphatic carbocycles. The third kappa shape index (κ3) is 6.41. The molecule has 0 bridgehead atoms. The van der Waals surface area contributed by atoms with Gasteiger partial charge in [0.1, 0.15) is 5.75 Å². The van der Waals surface area contributed by atoms with Crippen molar-refractivity contribution < 1.29 is 14.3 Å². The Labute approximate surface area is 158 Å². The van der Waals surface area contributed by atoms with Gasteiger partial charge < -0.3 is 15.0 Å². The molecule has 0 atom stereocenters. The molecule has 1 N–H and O–H groups in total. The maximum atomic E-state index is 12.1. The number of hydrogen-bond acceptors (Lipinski definition) is 3. The molecule has 0 saturated carbocycles. The monoisotopic (exact) mass is 374 g/mol. The SMILES string of the molecule is COc1cccc(CCN(CCC(=O)Nc2ccc(Cl)cc2)C(C)=O)c1. The van der Waals surface area contributed by atoms with Gasteiger partial charge >= 0.3 is 0 Å². The number of halogens is 1. The molecule has 2 aromatic carbocycles. The Bertz CT molecular complexity index is 747. The lowest BCUT2D eigenvalue weighted by Gasteiger charge is -2.21. The number of nitrogens with one attached hydrogen (secondary N) is 1. The van der Waals surface area contributed by atoms with E-state index in [1.165, 1.54) is 6.92 Å². The van der Waals surface area contributed by atoms with E-state index in [2.05, 4.69) is 5.32 Å². The minimum Gasteiger partial charge on any atom is -0.497 e. The number of amides is 2. The van der Waals surface area contributed by atoms with Crippen molar-refractivity contribution in [1.82, 2.24) is 4.90 Å². The summed E-state index contributed by atoms with van der Waals surface area (Å²) in [4.78, 5) is 25.6. The van der Waals surface area contributed by atoms with E-state index in [1.807, 2.05) is 24.3 Å². The zero-order valence-electron chi connectivity index (χ0n) is 15.0. The van der Waals surface area contributed by atoms with E-state index in [1.54, 1.807) is 36.3 Å². The fourth-order valence-corrected chi connectivity index (χ4v) is 2.64. The first-order valence-electron chi connectivity index (χ1n) is 8.42. The zero-order valence-corrected chi connectivity index (χ0v) is 15.8. The standard InChI is InChI=1S/C20H23ClN2O3/c1-15(24)23(12-10-16-4-3-5-19(14-16)26-2)13-11-20(25)22-18-8-6-17(21)7-9-18/h3-9,14H,10-13H2,1-2H3,(H,22,25). The van der Waals surface area contributed by atoms with Crippen LogP contribution >= 0.6 is 11.6 Å². The van der Waals surface area contributed by atoms with Crippen LogP contribution in [0.4, 0.5) is 5.69 Å². The van der Waals surface area contributed by atoms with E-state index < -0.39 is 0 Å². The van der Waals surface area contributed by atoms with Gasteiger partial charge in [-0.2, -0.15) is 0 Å². The van der Waals surface area contributed by atoms with Gasteiger partial charge in [0.25, 0.3) is 0 Å². The summed E-state index contributed by atoms with van der Waals surface area (Å²) in [5.41, 5.74) is 1.77. The molecule has 0 spiro atoms. The summed E-state index contributed by atoms with van der Waals surface area (Å²) in [6, 6.07) is 14.7. The molecular weight excluding hydrogens is 352 g/mol. The zero-order chi connectivity index (χ0) is 18.9. The Kier molecular flexibility index (Phi) is 7.48. The van der Waals surface area contributed by atoms with Crippen molar-refractivity contribution in [3.05, 3.63) is 59.1 Å². The Morgan fingerprint density at radius 2 is 1.85 bits per heavy atom. The number of hydrogen-bond donors (Lipinski definition) is 1. The lowest BCUT2D eigenvalue weighted by atomic mass is 10.1. The predicted octanol–water partition coefficient (Wildman–Crippen LogP) is 3.77. The van der Waals surface area contributed by atoms with Gasteiger partial charge in [-0.3, -0.25) is 9.59 Å². The topological polar surface area (TPSA) is 58.6 Å². The predicted molar refractivity (Wildman–Crippen MR) is 104 cm³/mol. The summed E-state index contributed by atoms with van der Waals surface area (Å²) in [6.45, 7) is 2.44. The molecule has 2 rings (SSSR count). The molecule has 0 heterocycles. The van der Waals surface area contributed by atoms with Crippen molar-refractivity contribution in [2.24, 2.45) is 0 Å². The number of carbonyl (C=O) groups excluding carboxylic acids is 2. The van der Waals surface area contributed by atoms with E-state index in [-0.39, 0.29) is 18.2 Å². The quantitative estimate of drug-likeness (QED) is 0.765. The van der Waals surface area contributed by atoms with Crippen LogP contribution in [0.5, 0.6) is 5.75 Å². The lowest BCUT2D eigenvalue weighted by Crippen LogP contribution is -2.33. The highest BCUT2D eigenvalue weighted by atomic mass is 35.5. The first-order valence-corrected chi connectivity index (χ1v) is 8.79. The highest BCUT2D eigenvalue weighted by molar-refractivity contribution is 6.30. The third-order valence-corrected chi connectivity index (χ3v) is 4.24. The van der Waals surface area contributed by atoms with Crippen molar-refractivity contribution in [3.8, 4) is 5.75 Å². The lowest BCUT2D eigenvalue weighted by molar-refractivity contribution is -0.129. The van der Waals surface area contributed by atoms with E-state index >= 15 is 0 Å². The van der Waals surface area contributed by atoms with E-state index in [4.69, 9.17) is 16.3 Å². The molecule has 0 fully saturated rings. The average Bonchev–Trinajstić information content (AvgIpc) is 2.63. The van der Waals surface area contributed by atoms with Crippen molar-refractivity contribution in [2.75, 3.05) is 25.5 Å². The van der Waals surface area contributed by atoms with Gasteiger partial charge in [0.05, 0.1) is 7.11 Å². The summed E-state index contributed by atoms with van der Waals surface area (Å²) in [5.74, 6) is 0.603. The number of ether oxygens (including phenoxy) is 1. The fourth-order valence-electron chi connectivity index (χ4n) is 2.51. The number of methoxy groups -OCH3 is 1. The molecule has 0 radical (unpaired) electrons. The highest BCUT2D eigenvalue weighted by Crippen LogP contribution is 2.15. The van der Waals surface area contributed by atoms with Crippen LogP contribution in [-0.2, 0) is 16.0 Å². The van der Waals surface area contributed by atoms with Gasteiger partial charge in [-0.05, 0) is 48.4 Å². The molecule has 138 valence electrons. The highest BCUT2D eigenvalue weighted by Gasteiger charge is 2.12. The number of anilines is 1. The van der Waals surface area contributed by atoms with Crippen LogP contribution in [0.1, 0.15) is 18.9 Å². The first kappa shape index (κ1) is 19.8. The Morgan fingerprint density at radius 3 is 2.50 bits per heavy atom. The van der Waals surface area contributed by atoms with Crippen LogP contribution < -0.4 is 10.1 Å². The summed E-state index contributed by atoms with van der Waals surface area (Å²) in [6.07, 6.45) is 0.940. The summed E-state index contributed by atoms with van der Waals surface area (Å²) >= 11 is 5.83. The van der Waals surface area contributed by atoms with Crippen molar-refractivity contribution >= 4 is 29.1 Å². The normalized spacial score (nSPS) is 10.3. The second kappa shape index (κ2) is 9.82. The van der Waals surface area contributed by atoms with Crippen LogP contribution in [0, 0.1) is 0 Å². The number of nitrogens with zero attached hydrogens (tertiary/aromatic N) is 1. The Morgan fingerprint density at radius 1 is 1.12 bits per heavy atom. The minimum atomic E-state index is -0.139. The maximum absolute atomic E-state index is 12.1. The second-order valence-corrected chi connectivity index (χ2v) is 6.35. The van der Waals surface area contributed by atoms with Crippen molar-refractivity contribution in [3.63, 3.8) is 0 Å². The Balaban J connectivity index is 1.84. The van der Waals surface area contributed by atoms with E-state index in [9.17, 15) is 9.59 Å². The molecule has 0 unspecified atom stereocenters. The smallest absolute Gasteiger partial charge is 0.226 e. The Hall–Kier alpha value is -2.53. The van der Waals surface area contributed by atoms with Gasteiger partial charge in [0.15, 0.2) is 0 Å². The third-order valence-electron chi connectivity index (χ3n) is 3.99. The molecule has 2 amide bonds. The van der Waals surface area contributed by atoms with Crippen LogP contribution in [0.3, 0.4) is 0 Å². The molecule has 6 heteroatoms. The maximum Gasteiger partial charge on any atom is 0.226 e. The molecule has 0 aliphatic rings. The molecule has 2 aromatic rings. The van der Waals surface area contributed by atoms with Gasteiger partial charge in [0, 0.05) is 37.1 Å². The summed E-state index contributed by atoms with van der Waals surface area (Å²) < 4.78 is 5.21. The minimum absolute atomic E-state index is 0.0489. The molecule has 26 heavy (non-hydrogen) atoms. The molecule has 0 saturated heterocycles. The first-order chi connectivity index (χ1) is 12.5. The van der Waals surface area contributed by atoms with Gasteiger partial charge in [-0.25, -0.2) is 0 Å². The average molecular weight is 375 g/mol. The second-order valence-electron chi connectivity index (χ2n) is 5.91. The molecule has 0 aliphatic heterocycles. The molecular formula is C20H23ClN2O3. The number of rotatable bonds is 8. The summed E-state index contributed by atoms with van der Waals surface area (Å²) in [7, 11) is 1.63. The fraction of sp³-hybridized carbons (Fsp3) is 0.300. The van der Waals surface area contributed by atoms with Crippen LogP contribution in [0.15, 0.2) is 48.5 Å². The van der Waals surface area contributed by atoms with Crippen molar-refractivity contribution in [2.45, 2.75) is 19.8 Å². The van der Waals surface area contributed by atoms with Crippen molar-refractivity contribution in [1.29, 1.82) is 0 Å². The van der Waals surface area contributed by atoms with Crippen LogP contribution in [0.2, 0.25) is 5.02 Å². The molecule has 0 aromatic heterocycles. The number of benzene rings is 2. The van der Waals surface area contributed by atoms with Gasteiger partial charge in [-0.1, -0.05) is 23.7 Å². The van der Waals surface area contributed by atoms with Gasteiger partial charge in [-0.15, -0.1) is 0 Å². The van der Waals surface area contributed by atoms with E-state index in [0.29, 0.717) is 30.2 Å².